The van der Waals surface area contributed by atoms with Crippen LogP contribution in [-0.4, -0.2) is 30.4 Å². The molecule has 0 saturated carbocycles. The van der Waals surface area contributed by atoms with Crippen LogP contribution in [0.2, 0.25) is 0 Å². The number of para-hydroxylation sites is 2. The number of nitrogens with zero attached hydrogens (tertiary/aromatic N) is 1. The van der Waals surface area contributed by atoms with Gasteiger partial charge in [0.05, 0.1) is 16.9 Å². The molecule has 0 bridgehead atoms. The molecule has 2 amide bonds. The molecule has 0 saturated heterocycles. The first-order chi connectivity index (χ1) is 14.0. The van der Waals surface area contributed by atoms with E-state index < -0.39 is 12.6 Å². The highest BCUT2D eigenvalue weighted by Gasteiger charge is 2.30. The van der Waals surface area contributed by atoms with E-state index in [2.05, 4.69) is 5.32 Å². The number of nitrogens with one attached hydrogen (secondary N) is 1. The van der Waals surface area contributed by atoms with Crippen molar-refractivity contribution in [3.8, 4) is 0 Å². The average Bonchev–Trinajstić information content (AvgIpc) is 2.85. The van der Waals surface area contributed by atoms with E-state index in [0.717, 1.165) is 10.8 Å². The third-order valence-corrected chi connectivity index (χ3v) is 4.96. The van der Waals surface area contributed by atoms with E-state index in [1.54, 1.807) is 43.3 Å². The van der Waals surface area contributed by atoms with Crippen molar-refractivity contribution in [2.24, 2.45) is 0 Å². The minimum Gasteiger partial charge on any atom is -0.452 e. The Morgan fingerprint density at radius 1 is 1.03 bits per heavy atom. The molecule has 1 unspecified atom stereocenters. The van der Waals surface area contributed by atoms with Crippen molar-refractivity contribution in [1.29, 1.82) is 0 Å². The number of hydrogen-bond donors (Lipinski definition) is 1. The highest BCUT2D eigenvalue weighted by molar-refractivity contribution is 6.07. The fourth-order valence-electron chi connectivity index (χ4n) is 3.65. The predicted octanol–water partition coefficient (Wildman–Crippen LogP) is 3.76. The molecule has 3 aromatic carbocycles. The Hall–Kier alpha value is -3.67. The van der Waals surface area contributed by atoms with Crippen molar-refractivity contribution in [3.63, 3.8) is 0 Å². The van der Waals surface area contributed by atoms with Gasteiger partial charge in [-0.15, -0.1) is 0 Å². The van der Waals surface area contributed by atoms with E-state index in [0.29, 0.717) is 16.9 Å². The summed E-state index contributed by atoms with van der Waals surface area (Å²) < 4.78 is 5.35. The lowest BCUT2D eigenvalue weighted by Crippen LogP contribution is -2.41. The molecule has 1 aliphatic heterocycles. The number of esters is 1. The maximum Gasteiger partial charge on any atom is 0.339 e. The fraction of sp³-hybridized carbons (Fsp3) is 0.174. The topological polar surface area (TPSA) is 75.7 Å². The second-order valence-corrected chi connectivity index (χ2v) is 6.99. The van der Waals surface area contributed by atoms with Crippen LogP contribution in [0.3, 0.4) is 0 Å². The smallest absolute Gasteiger partial charge is 0.339 e. The van der Waals surface area contributed by atoms with Crippen molar-refractivity contribution < 1.29 is 19.1 Å². The molecule has 3 aromatic rings. The van der Waals surface area contributed by atoms with Gasteiger partial charge in [-0.25, -0.2) is 4.79 Å². The number of amides is 2. The summed E-state index contributed by atoms with van der Waals surface area (Å²) in [5.41, 5.74) is 1.57. The first-order valence-electron chi connectivity index (χ1n) is 9.40. The quantitative estimate of drug-likeness (QED) is 0.693. The molecular formula is C23H20N2O4. The predicted molar refractivity (Wildman–Crippen MR) is 111 cm³/mol. The molecule has 0 aliphatic carbocycles. The van der Waals surface area contributed by atoms with Gasteiger partial charge in [0.1, 0.15) is 0 Å². The number of rotatable bonds is 3. The third kappa shape index (κ3) is 3.69. The van der Waals surface area contributed by atoms with E-state index >= 15 is 0 Å². The number of hydrogen-bond acceptors (Lipinski definition) is 4. The summed E-state index contributed by atoms with van der Waals surface area (Å²) in [4.78, 5) is 39.2. The monoisotopic (exact) mass is 388 g/mol. The molecule has 6 heteroatoms. The van der Waals surface area contributed by atoms with Crippen LogP contribution in [0.1, 0.15) is 23.7 Å². The third-order valence-electron chi connectivity index (χ3n) is 4.96. The van der Waals surface area contributed by atoms with Crippen LogP contribution < -0.4 is 10.2 Å². The van der Waals surface area contributed by atoms with Crippen LogP contribution in [0.5, 0.6) is 0 Å². The van der Waals surface area contributed by atoms with E-state index in [1.165, 1.54) is 4.90 Å². The van der Waals surface area contributed by atoms with Crippen LogP contribution >= 0.6 is 0 Å². The molecular weight excluding hydrogens is 368 g/mol. The lowest BCUT2D eigenvalue weighted by Gasteiger charge is -2.27. The number of carbonyl (C=O) groups excluding carboxylic acids is 3. The van der Waals surface area contributed by atoms with Crippen LogP contribution in [0.25, 0.3) is 10.8 Å². The second-order valence-electron chi connectivity index (χ2n) is 6.99. The Morgan fingerprint density at radius 2 is 1.76 bits per heavy atom. The standard InChI is InChI=1S/C23H20N2O4/c1-15-13-21(26)24-19-11-4-5-12-20(19)25(15)22(27)14-29-23(28)18-10-6-8-16-7-2-3-9-17(16)18/h2-12,15H,13-14H2,1H3,(H,24,26). The first-order valence-corrected chi connectivity index (χ1v) is 9.40. The molecule has 6 nitrogen and oxygen atoms in total. The molecule has 1 heterocycles. The average molecular weight is 388 g/mol. The molecule has 1 N–H and O–H groups in total. The molecule has 0 spiro atoms. The van der Waals surface area contributed by atoms with Gasteiger partial charge >= 0.3 is 5.97 Å². The van der Waals surface area contributed by atoms with E-state index in [9.17, 15) is 14.4 Å². The lowest BCUT2D eigenvalue weighted by molar-refractivity contribution is -0.122. The minimum absolute atomic E-state index is 0.159. The van der Waals surface area contributed by atoms with Crippen LogP contribution in [0, 0.1) is 0 Å². The molecule has 0 fully saturated rings. The van der Waals surface area contributed by atoms with Gasteiger partial charge in [-0.05, 0) is 35.9 Å². The number of carbonyl (C=O) groups is 3. The normalized spacial score (nSPS) is 16.0. The summed E-state index contributed by atoms with van der Waals surface area (Å²) in [5.74, 6) is -1.09. The van der Waals surface area contributed by atoms with Crippen LogP contribution in [0.15, 0.2) is 66.7 Å². The molecule has 29 heavy (non-hydrogen) atoms. The first kappa shape index (κ1) is 18.7. The fourth-order valence-corrected chi connectivity index (χ4v) is 3.65. The molecule has 1 atom stereocenters. The molecule has 146 valence electrons. The molecule has 1 aliphatic rings. The minimum atomic E-state index is -0.555. The van der Waals surface area contributed by atoms with Gasteiger partial charge in [-0.1, -0.05) is 48.5 Å². The maximum absolute atomic E-state index is 12.9. The maximum atomic E-state index is 12.9. The highest BCUT2D eigenvalue weighted by atomic mass is 16.5. The Kier molecular flexibility index (Phi) is 4.99. The van der Waals surface area contributed by atoms with Gasteiger partial charge in [0.25, 0.3) is 5.91 Å². The second kappa shape index (κ2) is 7.75. The van der Waals surface area contributed by atoms with E-state index in [4.69, 9.17) is 4.74 Å². The van der Waals surface area contributed by atoms with Crippen molar-refractivity contribution in [1.82, 2.24) is 0 Å². The number of anilines is 2. The Labute approximate surface area is 168 Å². The number of ether oxygens (including phenoxy) is 1. The largest absolute Gasteiger partial charge is 0.452 e. The van der Waals surface area contributed by atoms with Crippen molar-refractivity contribution in [2.45, 2.75) is 19.4 Å². The molecule has 4 rings (SSSR count). The van der Waals surface area contributed by atoms with Crippen LogP contribution in [-0.2, 0) is 14.3 Å². The Bertz CT molecular complexity index is 1100. The zero-order valence-corrected chi connectivity index (χ0v) is 15.9. The SMILES string of the molecule is CC1CC(=O)Nc2ccccc2N1C(=O)COC(=O)c1cccc2ccccc12. The summed E-state index contributed by atoms with van der Waals surface area (Å²) in [6, 6.07) is 19.6. The Balaban J connectivity index is 1.55. The summed E-state index contributed by atoms with van der Waals surface area (Å²) in [6.07, 6.45) is 0.164. The number of benzene rings is 3. The molecule has 0 radical (unpaired) electrons. The van der Waals surface area contributed by atoms with E-state index in [-0.39, 0.29) is 24.3 Å². The number of fused-ring (bicyclic) bond motifs is 2. The highest BCUT2D eigenvalue weighted by Crippen LogP contribution is 2.31. The van der Waals surface area contributed by atoms with Gasteiger partial charge in [0.2, 0.25) is 5.91 Å². The Morgan fingerprint density at radius 3 is 2.62 bits per heavy atom. The zero-order chi connectivity index (χ0) is 20.4. The van der Waals surface area contributed by atoms with Crippen molar-refractivity contribution >= 4 is 39.9 Å². The van der Waals surface area contributed by atoms with Gasteiger partial charge < -0.3 is 15.0 Å². The molecule has 0 aromatic heterocycles. The summed E-state index contributed by atoms with van der Waals surface area (Å²) >= 11 is 0. The van der Waals surface area contributed by atoms with Gasteiger partial charge in [-0.3, -0.25) is 9.59 Å². The van der Waals surface area contributed by atoms with Gasteiger partial charge in [0.15, 0.2) is 6.61 Å². The van der Waals surface area contributed by atoms with Gasteiger partial charge in [-0.2, -0.15) is 0 Å². The summed E-state index contributed by atoms with van der Waals surface area (Å²) in [6.45, 7) is 1.39. The zero-order valence-electron chi connectivity index (χ0n) is 15.9. The lowest BCUT2D eigenvalue weighted by atomic mass is 10.1. The van der Waals surface area contributed by atoms with Crippen molar-refractivity contribution in [3.05, 3.63) is 72.3 Å². The summed E-state index contributed by atoms with van der Waals surface area (Å²) in [5, 5.41) is 4.51. The van der Waals surface area contributed by atoms with Crippen LogP contribution in [0.4, 0.5) is 11.4 Å². The van der Waals surface area contributed by atoms with Gasteiger partial charge in [0, 0.05) is 12.5 Å². The summed E-state index contributed by atoms with van der Waals surface area (Å²) in [7, 11) is 0. The van der Waals surface area contributed by atoms with E-state index in [1.807, 2.05) is 30.3 Å². The van der Waals surface area contributed by atoms with Crippen molar-refractivity contribution in [2.75, 3.05) is 16.8 Å².